The molecular formula is C16H21N3O3S. The van der Waals surface area contributed by atoms with E-state index >= 15 is 0 Å². The van der Waals surface area contributed by atoms with Crippen LogP contribution in [0.4, 0.5) is 0 Å². The van der Waals surface area contributed by atoms with Crippen LogP contribution in [0.2, 0.25) is 0 Å². The molecule has 0 radical (unpaired) electrons. The highest BCUT2D eigenvalue weighted by molar-refractivity contribution is 7.88. The molecule has 1 aliphatic rings. The molecule has 0 bridgehead atoms. The number of methoxy groups -OCH3 is 1. The highest BCUT2D eigenvalue weighted by Crippen LogP contribution is 2.21. The van der Waals surface area contributed by atoms with E-state index in [4.69, 9.17) is 4.74 Å². The van der Waals surface area contributed by atoms with Crippen molar-refractivity contribution in [2.24, 2.45) is 0 Å². The Hall–Kier alpha value is -1.70. The smallest absolute Gasteiger partial charge is 0.218 e. The molecule has 0 N–H and O–H groups in total. The van der Waals surface area contributed by atoms with Crippen molar-refractivity contribution in [3.63, 3.8) is 0 Å². The van der Waals surface area contributed by atoms with E-state index < -0.39 is 10.0 Å². The van der Waals surface area contributed by atoms with E-state index in [2.05, 4.69) is 4.98 Å². The average molecular weight is 335 g/mol. The van der Waals surface area contributed by atoms with Crippen LogP contribution in [0.5, 0.6) is 0 Å². The van der Waals surface area contributed by atoms with Crippen molar-refractivity contribution >= 4 is 10.0 Å². The Morgan fingerprint density at radius 1 is 1.22 bits per heavy atom. The Labute approximate surface area is 136 Å². The van der Waals surface area contributed by atoms with E-state index in [9.17, 15) is 8.42 Å². The number of sulfonamides is 1. The lowest BCUT2D eigenvalue weighted by atomic mass is 10.2. The zero-order valence-electron chi connectivity index (χ0n) is 13.4. The molecule has 2 aromatic rings. The van der Waals surface area contributed by atoms with E-state index in [-0.39, 0.29) is 5.75 Å². The fraction of sp³-hybridized carbons (Fsp3) is 0.438. The first-order valence-corrected chi connectivity index (χ1v) is 9.15. The molecule has 0 saturated carbocycles. The second-order valence-electron chi connectivity index (χ2n) is 5.84. The Morgan fingerprint density at radius 3 is 2.65 bits per heavy atom. The molecule has 23 heavy (non-hydrogen) atoms. The maximum atomic E-state index is 12.7. The van der Waals surface area contributed by atoms with Gasteiger partial charge in [-0.15, -0.1) is 0 Å². The molecule has 7 heteroatoms. The SMILES string of the molecule is COCc1ncn2c1CN(S(=O)(=O)Cc1ccc(C)cc1)CC2. The van der Waals surface area contributed by atoms with Crippen molar-refractivity contribution in [3.05, 3.63) is 53.1 Å². The first-order chi connectivity index (χ1) is 11.0. The Kier molecular flexibility index (Phi) is 4.52. The third kappa shape index (κ3) is 3.46. The summed E-state index contributed by atoms with van der Waals surface area (Å²) < 4.78 is 34.1. The van der Waals surface area contributed by atoms with Crippen molar-refractivity contribution in [1.82, 2.24) is 13.9 Å². The van der Waals surface area contributed by atoms with Crippen LogP contribution < -0.4 is 0 Å². The molecule has 0 aliphatic carbocycles. The lowest BCUT2D eigenvalue weighted by Gasteiger charge is -2.28. The first kappa shape index (κ1) is 16.2. The maximum Gasteiger partial charge on any atom is 0.218 e. The van der Waals surface area contributed by atoms with Gasteiger partial charge in [-0.25, -0.2) is 13.4 Å². The standard InChI is InChI=1S/C16H21N3O3S/c1-13-3-5-14(6-4-13)11-23(20,21)19-8-7-18-12-17-15(10-22-2)16(18)9-19/h3-6,12H,7-11H2,1-2H3. The van der Waals surface area contributed by atoms with Gasteiger partial charge in [0.15, 0.2) is 0 Å². The number of aromatic nitrogens is 2. The lowest BCUT2D eigenvalue weighted by molar-refractivity contribution is 0.179. The molecule has 1 aromatic carbocycles. The third-order valence-corrected chi connectivity index (χ3v) is 5.89. The maximum absolute atomic E-state index is 12.7. The molecule has 0 spiro atoms. The van der Waals surface area contributed by atoms with Crippen LogP contribution in [-0.4, -0.2) is 35.9 Å². The number of hydrogen-bond donors (Lipinski definition) is 0. The predicted molar refractivity (Wildman–Crippen MR) is 87.2 cm³/mol. The Bertz CT molecular complexity index is 781. The fourth-order valence-corrected chi connectivity index (χ4v) is 4.25. The quantitative estimate of drug-likeness (QED) is 0.834. The van der Waals surface area contributed by atoms with Crippen molar-refractivity contribution in [2.75, 3.05) is 13.7 Å². The number of benzene rings is 1. The normalized spacial score (nSPS) is 15.6. The number of hydrogen-bond acceptors (Lipinski definition) is 4. The van der Waals surface area contributed by atoms with Crippen LogP contribution >= 0.6 is 0 Å². The zero-order chi connectivity index (χ0) is 16.4. The molecule has 1 aliphatic heterocycles. The van der Waals surface area contributed by atoms with Gasteiger partial charge in [-0.2, -0.15) is 4.31 Å². The molecular weight excluding hydrogens is 314 g/mol. The Morgan fingerprint density at radius 2 is 1.96 bits per heavy atom. The van der Waals surface area contributed by atoms with Gasteiger partial charge in [-0.3, -0.25) is 0 Å². The summed E-state index contributed by atoms with van der Waals surface area (Å²) in [5.74, 6) is 0.0288. The second kappa shape index (κ2) is 6.43. The van der Waals surface area contributed by atoms with Crippen LogP contribution in [0.1, 0.15) is 22.5 Å². The van der Waals surface area contributed by atoms with Gasteiger partial charge in [0.1, 0.15) is 0 Å². The van der Waals surface area contributed by atoms with Crippen molar-refractivity contribution < 1.29 is 13.2 Å². The summed E-state index contributed by atoms with van der Waals surface area (Å²) in [6.07, 6.45) is 1.76. The molecule has 3 rings (SSSR count). The highest BCUT2D eigenvalue weighted by atomic mass is 32.2. The molecule has 6 nitrogen and oxygen atoms in total. The number of nitrogens with zero attached hydrogens (tertiary/aromatic N) is 3. The minimum atomic E-state index is -3.35. The lowest BCUT2D eigenvalue weighted by Crippen LogP contribution is -2.39. The van der Waals surface area contributed by atoms with Gasteiger partial charge in [0.05, 0.1) is 36.6 Å². The van der Waals surface area contributed by atoms with Crippen LogP contribution in [0.25, 0.3) is 0 Å². The number of imidazole rings is 1. The minimum absolute atomic E-state index is 0.0288. The summed E-state index contributed by atoms with van der Waals surface area (Å²) in [5, 5.41) is 0. The molecule has 0 unspecified atom stereocenters. The molecule has 1 aromatic heterocycles. The van der Waals surface area contributed by atoms with Crippen molar-refractivity contribution in [3.8, 4) is 0 Å². The topological polar surface area (TPSA) is 64.4 Å². The van der Waals surface area contributed by atoms with Gasteiger partial charge in [-0.1, -0.05) is 29.8 Å². The van der Waals surface area contributed by atoms with Crippen LogP contribution in [0.3, 0.4) is 0 Å². The summed E-state index contributed by atoms with van der Waals surface area (Å²) in [4.78, 5) is 4.31. The summed E-state index contributed by atoms with van der Waals surface area (Å²) in [6, 6.07) is 7.62. The summed E-state index contributed by atoms with van der Waals surface area (Å²) in [6.45, 7) is 3.84. The fourth-order valence-electron chi connectivity index (χ4n) is 2.77. The molecule has 0 amide bonds. The molecule has 0 saturated heterocycles. The van der Waals surface area contributed by atoms with Crippen molar-refractivity contribution in [1.29, 1.82) is 0 Å². The van der Waals surface area contributed by atoms with Gasteiger partial charge in [0.25, 0.3) is 0 Å². The summed E-state index contributed by atoms with van der Waals surface area (Å²) in [7, 11) is -1.74. The molecule has 2 heterocycles. The first-order valence-electron chi connectivity index (χ1n) is 7.55. The van der Waals surface area contributed by atoms with E-state index in [1.54, 1.807) is 17.7 Å². The molecule has 124 valence electrons. The van der Waals surface area contributed by atoms with Gasteiger partial charge in [0, 0.05) is 20.2 Å². The number of aryl methyl sites for hydroxylation is 1. The van der Waals surface area contributed by atoms with Gasteiger partial charge >= 0.3 is 0 Å². The van der Waals surface area contributed by atoms with E-state index in [0.717, 1.165) is 22.5 Å². The second-order valence-corrected chi connectivity index (χ2v) is 7.81. The summed E-state index contributed by atoms with van der Waals surface area (Å²) in [5.41, 5.74) is 3.66. The van der Waals surface area contributed by atoms with Gasteiger partial charge in [0.2, 0.25) is 10.0 Å². The van der Waals surface area contributed by atoms with E-state index in [1.165, 1.54) is 0 Å². The van der Waals surface area contributed by atoms with Crippen LogP contribution in [0, 0.1) is 6.92 Å². The van der Waals surface area contributed by atoms with Crippen LogP contribution in [0.15, 0.2) is 30.6 Å². The van der Waals surface area contributed by atoms with E-state index in [0.29, 0.717) is 26.2 Å². The third-order valence-electron chi connectivity index (χ3n) is 4.09. The van der Waals surface area contributed by atoms with Crippen LogP contribution in [-0.2, 0) is 40.2 Å². The largest absolute Gasteiger partial charge is 0.378 e. The number of ether oxygens (including phenoxy) is 1. The van der Waals surface area contributed by atoms with Crippen molar-refractivity contribution in [2.45, 2.75) is 32.4 Å². The molecule has 0 fully saturated rings. The monoisotopic (exact) mass is 335 g/mol. The predicted octanol–water partition coefficient (Wildman–Crippen LogP) is 1.68. The Balaban J connectivity index is 1.78. The summed E-state index contributed by atoms with van der Waals surface area (Å²) >= 11 is 0. The highest BCUT2D eigenvalue weighted by Gasteiger charge is 2.28. The number of rotatable bonds is 5. The van der Waals surface area contributed by atoms with Gasteiger partial charge < -0.3 is 9.30 Å². The minimum Gasteiger partial charge on any atom is -0.378 e. The van der Waals surface area contributed by atoms with E-state index in [1.807, 2.05) is 35.8 Å². The molecule has 0 atom stereocenters. The van der Waals surface area contributed by atoms with Gasteiger partial charge in [-0.05, 0) is 12.5 Å². The number of fused-ring (bicyclic) bond motifs is 1. The average Bonchev–Trinajstić information content (AvgIpc) is 2.92. The zero-order valence-corrected chi connectivity index (χ0v) is 14.2.